The fraction of sp³-hybridized carbons (Fsp3) is 1.00. The lowest BCUT2D eigenvalue weighted by molar-refractivity contribution is -0.0768. The second kappa shape index (κ2) is 6.23. The molecule has 0 N–H and O–H groups in total. The van der Waals surface area contributed by atoms with E-state index < -0.39 is 0 Å². The molecule has 1 fully saturated rings. The molecule has 0 bridgehead atoms. The first-order valence-corrected chi connectivity index (χ1v) is 8.51. The maximum absolute atomic E-state index is 6.23. The van der Waals surface area contributed by atoms with E-state index in [0.717, 1.165) is 17.0 Å². The van der Waals surface area contributed by atoms with E-state index in [0.29, 0.717) is 11.3 Å². The van der Waals surface area contributed by atoms with Crippen LogP contribution in [0.5, 0.6) is 0 Å². The van der Waals surface area contributed by atoms with Crippen LogP contribution in [0, 0.1) is 17.3 Å². The Hall–Kier alpha value is 0.690. The molecule has 0 amide bonds. The average molecular weight is 352 g/mol. The molecule has 1 aliphatic rings. The highest BCUT2D eigenvalue weighted by molar-refractivity contribution is 14.1. The van der Waals surface area contributed by atoms with Gasteiger partial charge in [-0.25, -0.2) is 0 Å². The maximum atomic E-state index is 6.23. The van der Waals surface area contributed by atoms with Gasteiger partial charge in [-0.05, 0) is 42.9 Å². The van der Waals surface area contributed by atoms with Gasteiger partial charge in [0.15, 0.2) is 0 Å². The molecular formula is C15H29IO. The highest BCUT2D eigenvalue weighted by Crippen LogP contribution is 2.43. The molecular weight excluding hydrogens is 323 g/mol. The molecule has 0 spiro atoms. The molecule has 1 rings (SSSR count). The number of ether oxygens (including phenoxy) is 1. The van der Waals surface area contributed by atoms with E-state index in [1.54, 1.807) is 0 Å². The number of hydrogen-bond acceptors (Lipinski definition) is 1. The highest BCUT2D eigenvalue weighted by Gasteiger charge is 2.38. The molecule has 102 valence electrons. The molecule has 2 heteroatoms. The zero-order chi connectivity index (χ0) is 13.1. The van der Waals surface area contributed by atoms with E-state index in [1.165, 1.54) is 25.7 Å². The summed E-state index contributed by atoms with van der Waals surface area (Å²) in [7, 11) is 0. The predicted octanol–water partition coefficient (Wildman–Crippen LogP) is 5.07. The summed E-state index contributed by atoms with van der Waals surface area (Å²) in [5.41, 5.74) is 0.655. The van der Waals surface area contributed by atoms with Crippen LogP contribution < -0.4 is 0 Å². The Balaban J connectivity index is 2.51. The second-order valence-electron chi connectivity index (χ2n) is 7.16. The summed E-state index contributed by atoms with van der Waals surface area (Å²) >= 11 is 2.51. The molecule has 0 heterocycles. The van der Waals surface area contributed by atoms with Gasteiger partial charge in [-0.2, -0.15) is 0 Å². The van der Waals surface area contributed by atoms with E-state index in [2.05, 4.69) is 57.2 Å². The van der Waals surface area contributed by atoms with Crippen LogP contribution in [-0.4, -0.2) is 16.6 Å². The largest absolute Gasteiger partial charge is 0.374 e. The summed E-state index contributed by atoms with van der Waals surface area (Å²) in [6.45, 7) is 12.5. The van der Waals surface area contributed by atoms with Gasteiger partial charge in [-0.1, -0.05) is 57.2 Å². The molecule has 1 nitrogen and oxygen atoms in total. The highest BCUT2D eigenvalue weighted by atomic mass is 127. The molecule has 0 aliphatic heterocycles. The fourth-order valence-corrected chi connectivity index (χ4v) is 3.65. The molecule has 0 aromatic rings. The van der Waals surface area contributed by atoms with E-state index in [4.69, 9.17) is 4.74 Å². The van der Waals surface area contributed by atoms with Crippen molar-refractivity contribution in [1.82, 2.24) is 0 Å². The number of halogens is 1. The molecule has 0 saturated heterocycles. The zero-order valence-electron chi connectivity index (χ0n) is 12.2. The van der Waals surface area contributed by atoms with Crippen LogP contribution in [0.3, 0.4) is 0 Å². The maximum Gasteiger partial charge on any atom is 0.0771 e. The first-order valence-electron chi connectivity index (χ1n) is 6.99. The van der Waals surface area contributed by atoms with Crippen molar-refractivity contribution >= 4 is 22.6 Å². The Labute approximate surface area is 121 Å². The minimum absolute atomic E-state index is 0.187. The third kappa shape index (κ3) is 4.70. The van der Waals surface area contributed by atoms with Gasteiger partial charge in [0.1, 0.15) is 0 Å². The van der Waals surface area contributed by atoms with E-state index in [1.807, 2.05) is 0 Å². The minimum Gasteiger partial charge on any atom is -0.374 e. The van der Waals surface area contributed by atoms with Crippen LogP contribution >= 0.6 is 22.6 Å². The van der Waals surface area contributed by atoms with Crippen molar-refractivity contribution in [2.45, 2.75) is 65.9 Å². The summed E-state index contributed by atoms with van der Waals surface area (Å²) in [5.74, 6) is 1.52. The van der Waals surface area contributed by atoms with Crippen molar-refractivity contribution in [2.75, 3.05) is 11.0 Å². The topological polar surface area (TPSA) is 9.23 Å². The van der Waals surface area contributed by atoms with Crippen molar-refractivity contribution in [2.24, 2.45) is 17.3 Å². The quantitative estimate of drug-likeness (QED) is 0.507. The Morgan fingerprint density at radius 3 is 2.12 bits per heavy atom. The predicted molar refractivity (Wildman–Crippen MR) is 83.8 cm³/mol. The number of rotatable bonds is 4. The third-order valence-corrected chi connectivity index (χ3v) is 5.48. The zero-order valence-corrected chi connectivity index (χ0v) is 14.3. The summed E-state index contributed by atoms with van der Waals surface area (Å²) < 4.78 is 7.38. The van der Waals surface area contributed by atoms with Gasteiger partial charge in [0.05, 0.1) is 5.60 Å². The van der Waals surface area contributed by atoms with E-state index in [-0.39, 0.29) is 5.60 Å². The van der Waals surface area contributed by atoms with Gasteiger partial charge in [-0.15, -0.1) is 0 Å². The van der Waals surface area contributed by atoms with Gasteiger partial charge in [0.2, 0.25) is 0 Å². The number of hydrogen-bond donors (Lipinski definition) is 0. The van der Waals surface area contributed by atoms with Crippen molar-refractivity contribution in [1.29, 1.82) is 0 Å². The summed E-state index contributed by atoms with van der Waals surface area (Å²) in [5, 5.41) is 0. The average Bonchev–Trinajstić information content (AvgIpc) is 2.26. The van der Waals surface area contributed by atoms with Gasteiger partial charge in [0.25, 0.3) is 0 Å². The van der Waals surface area contributed by atoms with E-state index in [9.17, 15) is 0 Å². The van der Waals surface area contributed by atoms with Crippen LogP contribution in [0.15, 0.2) is 0 Å². The Bertz CT molecular complexity index is 222. The van der Waals surface area contributed by atoms with Crippen LogP contribution in [-0.2, 0) is 4.74 Å². The fourth-order valence-electron chi connectivity index (χ4n) is 2.67. The van der Waals surface area contributed by atoms with Crippen molar-refractivity contribution in [3.63, 3.8) is 0 Å². The lowest BCUT2D eigenvalue weighted by atomic mass is 9.69. The minimum atomic E-state index is 0.187. The van der Waals surface area contributed by atoms with Crippen LogP contribution in [0.2, 0.25) is 0 Å². The third-order valence-electron chi connectivity index (χ3n) is 4.09. The second-order valence-corrected chi connectivity index (χ2v) is 7.92. The van der Waals surface area contributed by atoms with Crippen molar-refractivity contribution < 1.29 is 4.74 Å². The van der Waals surface area contributed by atoms with E-state index >= 15 is 0 Å². The molecule has 0 radical (unpaired) electrons. The normalized spacial score (nSPS) is 30.9. The first kappa shape index (κ1) is 15.7. The molecule has 1 saturated carbocycles. The van der Waals surface area contributed by atoms with Gasteiger partial charge < -0.3 is 4.74 Å². The monoisotopic (exact) mass is 352 g/mol. The van der Waals surface area contributed by atoms with Crippen LogP contribution in [0.25, 0.3) is 0 Å². The van der Waals surface area contributed by atoms with Crippen LogP contribution in [0.1, 0.15) is 60.3 Å². The van der Waals surface area contributed by atoms with Gasteiger partial charge in [-0.3, -0.25) is 0 Å². The molecule has 0 unspecified atom stereocenters. The summed E-state index contributed by atoms with van der Waals surface area (Å²) in [6.07, 6.45) is 5.18. The first-order chi connectivity index (χ1) is 7.79. The lowest BCUT2D eigenvalue weighted by Gasteiger charge is -2.43. The molecule has 1 aliphatic carbocycles. The summed E-state index contributed by atoms with van der Waals surface area (Å²) in [4.78, 5) is 0. The van der Waals surface area contributed by atoms with Crippen molar-refractivity contribution in [3.8, 4) is 0 Å². The molecule has 0 aromatic carbocycles. The molecule has 17 heavy (non-hydrogen) atoms. The smallest absolute Gasteiger partial charge is 0.0771 e. The SMILES string of the molecule is CC(C)COC1(CI)CCC(C(C)(C)C)CC1. The number of alkyl halides is 1. The molecule has 0 atom stereocenters. The Kier molecular flexibility index (Phi) is 5.77. The standard InChI is InChI=1S/C15H29IO/c1-12(2)10-17-15(11-16)8-6-13(7-9-15)14(3,4)5/h12-13H,6-11H2,1-5H3. The Morgan fingerprint density at radius 1 is 1.24 bits per heavy atom. The van der Waals surface area contributed by atoms with Gasteiger partial charge in [0, 0.05) is 11.0 Å². The lowest BCUT2D eigenvalue weighted by Crippen LogP contribution is -2.42. The Morgan fingerprint density at radius 2 is 1.76 bits per heavy atom. The van der Waals surface area contributed by atoms with Crippen molar-refractivity contribution in [3.05, 3.63) is 0 Å². The summed E-state index contributed by atoms with van der Waals surface area (Å²) in [6, 6.07) is 0. The van der Waals surface area contributed by atoms with Crippen LogP contribution in [0.4, 0.5) is 0 Å². The molecule has 0 aromatic heterocycles. The van der Waals surface area contributed by atoms with Gasteiger partial charge >= 0.3 is 0 Å².